The van der Waals surface area contributed by atoms with Gasteiger partial charge in [-0.2, -0.15) is 10.2 Å². The van der Waals surface area contributed by atoms with Gasteiger partial charge in [0.05, 0.1) is 18.4 Å². The molecule has 0 radical (unpaired) electrons. The Labute approximate surface area is 260 Å². The van der Waals surface area contributed by atoms with Crippen molar-refractivity contribution in [3.63, 3.8) is 0 Å². The lowest BCUT2D eigenvalue weighted by atomic mass is 10.1. The van der Waals surface area contributed by atoms with Crippen LogP contribution in [0.15, 0.2) is 42.7 Å². The summed E-state index contributed by atoms with van der Waals surface area (Å²) in [6.45, 7) is 5.24. The third-order valence-electron chi connectivity index (χ3n) is 8.19. The SMILES string of the molecule is COc1nc(Nc2cc(-c3ccc(OC4CCN(C(=O)[C@@H](O)C(F)F)CC4)c(C#N)c3)ncn2)ccc1N1CCN(C)[C@H](C)C1. The van der Waals surface area contributed by atoms with Gasteiger partial charge < -0.3 is 34.6 Å². The number of anilines is 3. The second kappa shape index (κ2) is 14.0. The van der Waals surface area contributed by atoms with E-state index < -0.39 is 18.4 Å². The number of pyridine rings is 1. The van der Waals surface area contributed by atoms with Crippen LogP contribution in [0, 0.1) is 11.3 Å². The van der Waals surface area contributed by atoms with E-state index in [-0.39, 0.29) is 19.2 Å². The molecular formula is C31H36F2N8O4. The number of halogens is 2. The minimum absolute atomic E-state index is 0.169. The molecular weight excluding hydrogens is 586 g/mol. The number of carbonyl (C=O) groups is 1. The third kappa shape index (κ3) is 7.38. The molecule has 2 aliphatic rings. The number of piperidine rings is 1. The maximum absolute atomic E-state index is 12.7. The van der Waals surface area contributed by atoms with Crippen LogP contribution in [0.3, 0.4) is 0 Å². The Balaban J connectivity index is 1.24. The number of nitrogens with zero attached hydrogens (tertiary/aromatic N) is 7. The summed E-state index contributed by atoms with van der Waals surface area (Å²) in [5.74, 6) is 0.963. The molecule has 3 aromatic rings. The van der Waals surface area contributed by atoms with E-state index >= 15 is 0 Å². The van der Waals surface area contributed by atoms with Crippen molar-refractivity contribution in [2.24, 2.45) is 0 Å². The average Bonchev–Trinajstić information content (AvgIpc) is 3.06. The summed E-state index contributed by atoms with van der Waals surface area (Å²) in [6.07, 6.45) is -3.60. The van der Waals surface area contributed by atoms with Crippen LogP contribution in [-0.2, 0) is 4.79 Å². The van der Waals surface area contributed by atoms with E-state index in [1.807, 2.05) is 12.1 Å². The first kappa shape index (κ1) is 31.8. The molecule has 2 saturated heterocycles. The molecule has 5 rings (SSSR count). The van der Waals surface area contributed by atoms with E-state index in [1.54, 1.807) is 31.4 Å². The minimum Gasteiger partial charge on any atom is -0.489 e. The first-order chi connectivity index (χ1) is 21.7. The maximum atomic E-state index is 12.7. The van der Waals surface area contributed by atoms with Crippen molar-refractivity contribution < 1.29 is 28.2 Å². The fourth-order valence-electron chi connectivity index (χ4n) is 5.42. The van der Waals surface area contributed by atoms with Crippen LogP contribution in [0.1, 0.15) is 25.3 Å². The molecule has 238 valence electrons. The number of likely N-dealkylation sites (N-methyl/N-ethyl adjacent to an activating group) is 1. The zero-order valence-electron chi connectivity index (χ0n) is 25.4. The molecule has 1 aromatic carbocycles. The first-order valence-corrected chi connectivity index (χ1v) is 14.7. The average molecular weight is 623 g/mol. The second-order valence-corrected chi connectivity index (χ2v) is 11.2. The summed E-state index contributed by atoms with van der Waals surface area (Å²) in [7, 11) is 3.72. The van der Waals surface area contributed by atoms with Crippen LogP contribution in [-0.4, -0.2) is 107 Å². The van der Waals surface area contributed by atoms with E-state index in [2.05, 4.69) is 50.1 Å². The molecule has 0 bridgehead atoms. The molecule has 2 aliphatic heterocycles. The van der Waals surface area contributed by atoms with Gasteiger partial charge in [-0.3, -0.25) is 4.79 Å². The van der Waals surface area contributed by atoms with Gasteiger partial charge in [0.25, 0.3) is 12.3 Å². The molecule has 4 heterocycles. The van der Waals surface area contributed by atoms with E-state index in [1.165, 1.54) is 11.2 Å². The van der Waals surface area contributed by atoms with Crippen LogP contribution in [0.4, 0.5) is 26.1 Å². The fourth-order valence-corrected chi connectivity index (χ4v) is 5.42. The molecule has 45 heavy (non-hydrogen) atoms. The number of piperazine rings is 1. The molecule has 0 saturated carbocycles. The van der Waals surface area contributed by atoms with Gasteiger partial charge in [0.1, 0.15) is 41.6 Å². The lowest BCUT2D eigenvalue weighted by molar-refractivity contribution is -0.150. The topological polar surface area (TPSA) is 140 Å². The summed E-state index contributed by atoms with van der Waals surface area (Å²) in [4.78, 5) is 31.2. The Kier molecular flexibility index (Phi) is 9.90. The van der Waals surface area contributed by atoms with Gasteiger partial charge in [0.15, 0.2) is 6.10 Å². The maximum Gasteiger partial charge on any atom is 0.273 e. The first-order valence-electron chi connectivity index (χ1n) is 14.7. The zero-order valence-corrected chi connectivity index (χ0v) is 25.4. The van der Waals surface area contributed by atoms with Crippen molar-refractivity contribution in [3.05, 3.63) is 48.3 Å². The highest BCUT2D eigenvalue weighted by atomic mass is 19.3. The van der Waals surface area contributed by atoms with Gasteiger partial charge in [0.2, 0.25) is 5.88 Å². The molecule has 0 spiro atoms. The number of alkyl halides is 2. The molecule has 0 unspecified atom stereocenters. The summed E-state index contributed by atoms with van der Waals surface area (Å²) in [6, 6.07) is 13.3. The van der Waals surface area contributed by atoms with Crippen LogP contribution in [0.5, 0.6) is 11.6 Å². The summed E-state index contributed by atoms with van der Waals surface area (Å²) in [5.41, 5.74) is 2.49. The van der Waals surface area contributed by atoms with E-state index in [0.717, 1.165) is 25.3 Å². The number of methoxy groups -OCH3 is 1. The third-order valence-corrected chi connectivity index (χ3v) is 8.19. The summed E-state index contributed by atoms with van der Waals surface area (Å²) in [5, 5.41) is 22.4. The minimum atomic E-state index is -3.13. The lowest BCUT2D eigenvalue weighted by Crippen LogP contribution is -2.50. The number of hydrogen-bond acceptors (Lipinski definition) is 11. The molecule has 2 fully saturated rings. The highest BCUT2D eigenvalue weighted by Crippen LogP contribution is 2.32. The second-order valence-electron chi connectivity index (χ2n) is 11.2. The number of hydrogen-bond donors (Lipinski definition) is 2. The highest BCUT2D eigenvalue weighted by molar-refractivity contribution is 5.81. The molecule has 2 aromatic heterocycles. The van der Waals surface area contributed by atoms with Crippen molar-refractivity contribution in [1.29, 1.82) is 5.26 Å². The van der Waals surface area contributed by atoms with Crippen LogP contribution >= 0.6 is 0 Å². The highest BCUT2D eigenvalue weighted by Gasteiger charge is 2.33. The van der Waals surface area contributed by atoms with Gasteiger partial charge in [-0.15, -0.1) is 0 Å². The molecule has 14 heteroatoms. The standard InChI is InChI=1S/C31H36F2N8O4/c1-19-17-41(13-12-39(19)2)24-5-7-26(38-30(24)44-3)37-27-15-23(35-18-36-27)20-4-6-25(21(14-20)16-34)45-22-8-10-40(11-9-22)31(43)28(42)29(32)33/h4-7,14-15,18-19,22,28-29,42H,8-13,17H2,1-3H3,(H,35,36,37,38)/t19-,28+/m1/s1. The Morgan fingerprint density at radius 3 is 2.58 bits per heavy atom. The molecule has 2 N–H and O–H groups in total. The number of benzene rings is 1. The normalized spacial score (nSPS) is 18.4. The van der Waals surface area contributed by atoms with Crippen molar-refractivity contribution >= 4 is 23.2 Å². The van der Waals surface area contributed by atoms with E-state index in [9.17, 15) is 23.9 Å². The predicted molar refractivity (Wildman–Crippen MR) is 163 cm³/mol. The molecule has 0 aliphatic carbocycles. The van der Waals surface area contributed by atoms with E-state index in [0.29, 0.717) is 59.0 Å². The van der Waals surface area contributed by atoms with Crippen LogP contribution < -0.4 is 19.7 Å². The number of nitriles is 1. The number of aliphatic hydroxyl groups excluding tert-OH is 1. The van der Waals surface area contributed by atoms with Gasteiger partial charge >= 0.3 is 0 Å². The van der Waals surface area contributed by atoms with Crippen molar-refractivity contribution in [1.82, 2.24) is 24.8 Å². The summed E-state index contributed by atoms with van der Waals surface area (Å²) < 4.78 is 37.1. The number of rotatable bonds is 9. The number of aromatic nitrogens is 3. The van der Waals surface area contributed by atoms with Gasteiger partial charge in [-0.05, 0) is 44.3 Å². The smallest absolute Gasteiger partial charge is 0.273 e. The monoisotopic (exact) mass is 622 g/mol. The van der Waals surface area contributed by atoms with Gasteiger partial charge in [-0.25, -0.2) is 18.7 Å². The van der Waals surface area contributed by atoms with E-state index in [4.69, 9.17) is 9.47 Å². The predicted octanol–water partition coefficient (Wildman–Crippen LogP) is 3.30. The van der Waals surface area contributed by atoms with Crippen molar-refractivity contribution in [3.8, 4) is 29.0 Å². The molecule has 2 atom stereocenters. The number of aliphatic hydroxyl groups is 1. The van der Waals surface area contributed by atoms with Crippen molar-refractivity contribution in [2.75, 3.05) is 57.1 Å². The summed E-state index contributed by atoms with van der Waals surface area (Å²) >= 11 is 0. The molecule has 1 amide bonds. The van der Waals surface area contributed by atoms with Crippen LogP contribution in [0.2, 0.25) is 0 Å². The zero-order chi connectivity index (χ0) is 32.1. The van der Waals surface area contributed by atoms with Crippen molar-refractivity contribution in [2.45, 2.75) is 44.4 Å². The Morgan fingerprint density at radius 2 is 1.89 bits per heavy atom. The Morgan fingerprint density at radius 1 is 1.11 bits per heavy atom. The van der Waals surface area contributed by atoms with Gasteiger partial charge in [-0.1, -0.05) is 0 Å². The number of likely N-dealkylation sites (tertiary alicyclic amines) is 1. The molecule has 12 nitrogen and oxygen atoms in total. The largest absolute Gasteiger partial charge is 0.489 e. The lowest BCUT2D eigenvalue weighted by Gasteiger charge is -2.39. The van der Waals surface area contributed by atoms with Crippen LogP contribution in [0.25, 0.3) is 11.3 Å². The number of ether oxygens (including phenoxy) is 2. The fraction of sp³-hybridized carbons (Fsp3) is 0.452. The Bertz CT molecular complexity index is 1550. The number of carbonyl (C=O) groups excluding carboxylic acids is 1. The van der Waals surface area contributed by atoms with Gasteiger partial charge in [0, 0.05) is 63.2 Å². The quantitative estimate of drug-likeness (QED) is 0.363. The Hall–Kier alpha value is -4.61. The number of amides is 1. The number of nitrogens with one attached hydrogen (secondary N) is 1.